The number of amides is 1. The number of carbonyl (C=O) groups is 2. The monoisotopic (exact) mass is 286 g/mol. The Morgan fingerprint density at radius 1 is 1.24 bits per heavy atom. The number of hydrogen-bond donors (Lipinski definition) is 2. The lowest BCUT2D eigenvalue weighted by Gasteiger charge is -2.06. The van der Waals surface area contributed by atoms with Gasteiger partial charge in [-0.3, -0.25) is 4.79 Å². The minimum Gasteiger partial charge on any atom is -0.478 e. The average molecular weight is 286 g/mol. The first kappa shape index (κ1) is 14.5. The van der Waals surface area contributed by atoms with E-state index in [2.05, 4.69) is 10.5 Å². The molecule has 0 saturated carbocycles. The third-order valence-electron chi connectivity index (χ3n) is 2.64. The SMILES string of the molecule is Cc1cc(/C=C/C(=O)O)cc(NC(=O)c2cc(C)on2)c1. The van der Waals surface area contributed by atoms with E-state index in [0.717, 1.165) is 11.6 Å². The molecule has 1 aromatic carbocycles. The summed E-state index contributed by atoms with van der Waals surface area (Å²) >= 11 is 0. The topological polar surface area (TPSA) is 92.4 Å². The Balaban J connectivity index is 2.20. The highest BCUT2D eigenvalue weighted by Crippen LogP contribution is 2.17. The maximum absolute atomic E-state index is 12.0. The van der Waals surface area contributed by atoms with Gasteiger partial charge in [-0.2, -0.15) is 0 Å². The highest BCUT2D eigenvalue weighted by molar-refractivity contribution is 6.03. The summed E-state index contributed by atoms with van der Waals surface area (Å²) < 4.78 is 4.85. The van der Waals surface area contributed by atoms with Crippen LogP contribution < -0.4 is 5.32 Å². The van der Waals surface area contributed by atoms with Crippen LogP contribution in [0.1, 0.15) is 27.4 Å². The number of carbonyl (C=O) groups excluding carboxylic acids is 1. The van der Waals surface area contributed by atoms with Crippen LogP contribution in [0.5, 0.6) is 0 Å². The van der Waals surface area contributed by atoms with Gasteiger partial charge in [0.15, 0.2) is 5.69 Å². The zero-order valence-corrected chi connectivity index (χ0v) is 11.6. The molecule has 2 rings (SSSR count). The van der Waals surface area contributed by atoms with E-state index in [0.29, 0.717) is 17.0 Å². The van der Waals surface area contributed by atoms with Crippen LogP contribution in [-0.4, -0.2) is 22.1 Å². The van der Waals surface area contributed by atoms with Gasteiger partial charge in [0.2, 0.25) is 0 Å². The molecule has 0 aliphatic heterocycles. The van der Waals surface area contributed by atoms with Gasteiger partial charge in [0.1, 0.15) is 5.76 Å². The molecule has 21 heavy (non-hydrogen) atoms. The van der Waals surface area contributed by atoms with Crippen LogP contribution in [0.25, 0.3) is 6.08 Å². The fourth-order valence-electron chi connectivity index (χ4n) is 1.82. The number of nitrogens with zero attached hydrogens (tertiary/aromatic N) is 1. The minimum atomic E-state index is -1.03. The number of anilines is 1. The molecule has 0 aliphatic rings. The summed E-state index contributed by atoms with van der Waals surface area (Å²) in [7, 11) is 0. The largest absolute Gasteiger partial charge is 0.478 e. The molecule has 0 unspecified atom stereocenters. The number of hydrogen-bond acceptors (Lipinski definition) is 4. The first-order valence-corrected chi connectivity index (χ1v) is 6.21. The Hall–Kier alpha value is -2.89. The molecule has 0 atom stereocenters. The lowest BCUT2D eigenvalue weighted by atomic mass is 10.1. The van der Waals surface area contributed by atoms with Gasteiger partial charge in [-0.05, 0) is 43.2 Å². The zero-order chi connectivity index (χ0) is 15.4. The third-order valence-corrected chi connectivity index (χ3v) is 2.64. The first-order valence-electron chi connectivity index (χ1n) is 6.21. The second kappa shape index (κ2) is 6.04. The summed E-state index contributed by atoms with van der Waals surface area (Å²) in [5.41, 5.74) is 2.33. The van der Waals surface area contributed by atoms with Gasteiger partial charge in [-0.1, -0.05) is 11.2 Å². The second-order valence-corrected chi connectivity index (χ2v) is 4.58. The molecule has 2 N–H and O–H groups in total. The normalized spacial score (nSPS) is 10.8. The molecule has 0 saturated heterocycles. The fourth-order valence-corrected chi connectivity index (χ4v) is 1.82. The lowest BCUT2D eigenvalue weighted by Crippen LogP contribution is -2.12. The highest BCUT2D eigenvalue weighted by atomic mass is 16.5. The predicted octanol–water partition coefficient (Wildman–Crippen LogP) is 2.64. The molecule has 0 fully saturated rings. The van der Waals surface area contributed by atoms with Crippen LogP contribution in [0, 0.1) is 13.8 Å². The molecule has 6 nitrogen and oxygen atoms in total. The van der Waals surface area contributed by atoms with Gasteiger partial charge in [-0.15, -0.1) is 0 Å². The van der Waals surface area contributed by atoms with Crippen LogP contribution in [0.3, 0.4) is 0 Å². The Labute approximate surface area is 121 Å². The summed E-state index contributed by atoms with van der Waals surface area (Å²) in [6.45, 7) is 3.55. The number of aliphatic carboxylic acids is 1. The van der Waals surface area contributed by atoms with Crippen molar-refractivity contribution in [2.75, 3.05) is 5.32 Å². The van der Waals surface area contributed by atoms with Gasteiger partial charge >= 0.3 is 5.97 Å². The Morgan fingerprint density at radius 2 is 2.00 bits per heavy atom. The summed E-state index contributed by atoms with van der Waals surface area (Å²) in [4.78, 5) is 22.5. The van der Waals surface area contributed by atoms with Crippen molar-refractivity contribution >= 4 is 23.6 Å². The summed E-state index contributed by atoms with van der Waals surface area (Å²) in [5, 5.41) is 15.0. The van der Waals surface area contributed by atoms with Crippen molar-refractivity contribution in [2.24, 2.45) is 0 Å². The Kier molecular flexibility index (Phi) is 4.18. The molecule has 1 aromatic heterocycles. The molecule has 2 aromatic rings. The Morgan fingerprint density at radius 3 is 2.62 bits per heavy atom. The van der Waals surface area contributed by atoms with Gasteiger partial charge < -0.3 is 14.9 Å². The van der Waals surface area contributed by atoms with Crippen molar-refractivity contribution in [2.45, 2.75) is 13.8 Å². The molecule has 0 bridgehead atoms. The third kappa shape index (κ3) is 4.04. The smallest absolute Gasteiger partial charge is 0.328 e. The number of carboxylic acids is 1. The highest BCUT2D eigenvalue weighted by Gasteiger charge is 2.11. The van der Waals surface area contributed by atoms with E-state index in [4.69, 9.17) is 9.63 Å². The number of aryl methyl sites for hydroxylation is 2. The molecule has 6 heteroatoms. The van der Waals surface area contributed by atoms with Gasteiger partial charge in [-0.25, -0.2) is 4.79 Å². The van der Waals surface area contributed by atoms with Crippen molar-refractivity contribution in [1.29, 1.82) is 0 Å². The van der Waals surface area contributed by atoms with E-state index in [-0.39, 0.29) is 11.6 Å². The molecule has 0 aliphatic carbocycles. The van der Waals surface area contributed by atoms with Crippen LogP contribution in [0.15, 0.2) is 34.9 Å². The number of rotatable bonds is 4. The fraction of sp³-hybridized carbons (Fsp3) is 0.133. The van der Waals surface area contributed by atoms with E-state index in [1.807, 2.05) is 13.0 Å². The van der Waals surface area contributed by atoms with E-state index >= 15 is 0 Å². The maximum Gasteiger partial charge on any atom is 0.328 e. The minimum absolute atomic E-state index is 0.191. The number of carboxylic acid groups (broad SMARTS) is 1. The molecule has 1 amide bonds. The van der Waals surface area contributed by atoms with Crippen molar-refractivity contribution in [3.8, 4) is 0 Å². The van der Waals surface area contributed by atoms with E-state index in [1.165, 1.54) is 12.1 Å². The van der Waals surface area contributed by atoms with Gasteiger partial charge in [0, 0.05) is 17.8 Å². The predicted molar refractivity (Wildman–Crippen MR) is 77.0 cm³/mol. The quantitative estimate of drug-likeness (QED) is 0.843. The average Bonchev–Trinajstić information content (AvgIpc) is 2.82. The summed E-state index contributed by atoms with van der Waals surface area (Å²) in [6.07, 6.45) is 2.51. The van der Waals surface area contributed by atoms with Crippen LogP contribution in [0.4, 0.5) is 5.69 Å². The molecular weight excluding hydrogens is 272 g/mol. The van der Waals surface area contributed by atoms with E-state index < -0.39 is 5.97 Å². The zero-order valence-electron chi connectivity index (χ0n) is 11.6. The lowest BCUT2D eigenvalue weighted by molar-refractivity contribution is -0.131. The number of nitrogens with one attached hydrogen (secondary N) is 1. The van der Waals surface area contributed by atoms with E-state index in [1.54, 1.807) is 19.1 Å². The van der Waals surface area contributed by atoms with E-state index in [9.17, 15) is 9.59 Å². The maximum atomic E-state index is 12.0. The standard InChI is InChI=1S/C15H14N2O4/c1-9-5-11(3-4-14(18)19)8-12(6-9)16-15(20)13-7-10(2)21-17-13/h3-8H,1-2H3,(H,16,20)(H,18,19)/b4-3+. The molecule has 108 valence electrons. The number of aromatic nitrogens is 1. The van der Waals surface area contributed by atoms with Crippen LogP contribution >= 0.6 is 0 Å². The Bertz CT molecular complexity index is 716. The van der Waals surface area contributed by atoms with Crippen molar-refractivity contribution in [3.63, 3.8) is 0 Å². The summed E-state index contributed by atoms with van der Waals surface area (Å²) in [6, 6.07) is 6.81. The molecule has 1 heterocycles. The molecular formula is C15H14N2O4. The molecule has 0 spiro atoms. The summed E-state index contributed by atoms with van der Waals surface area (Å²) in [5.74, 6) is -0.861. The van der Waals surface area contributed by atoms with Crippen molar-refractivity contribution in [1.82, 2.24) is 5.16 Å². The first-order chi connectivity index (χ1) is 9.94. The second-order valence-electron chi connectivity index (χ2n) is 4.58. The van der Waals surface area contributed by atoms with Crippen molar-refractivity contribution in [3.05, 3.63) is 52.9 Å². The number of benzene rings is 1. The van der Waals surface area contributed by atoms with Gasteiger partial charge in [0.05, 0.1) is 0 Å². The van der Waals surface area contributed by atoms with Gasteiger partial charge in [0.25, 0.3) is 5.91 Å². The molecule has 0 radical (unpaired) electrons. The van der Waals surface area contributed by atoms with Crippen LogP contribution in [-0.2, 0) is 4.79 Å². The van der Waals surface area contributed by atoms with Crippen molar-refractivity contribution < 1.29 is 19.2 Å². The van der Waals surface area contributed by atoms with Crippen LogP contribution in [0.2, 0.25) is 0 Å².